The molecule has 8 heteroatoms. The minimum Gasteiger partial charge on any atom is -0.485 e. The third kappa shape index (κ3) is 4.40. The highest BCUT2D eigenvalue weighted by Crippen LogP contribution is 2.66. The molecule has 6 unspecified atom stereocenters. The molecule has 6 atom stereocenters. The normalized spacial score (nSPS) is 27.9. The molecule has 35 heavy (non-hydrogen) atoms. The van der Waals surface area contributed by atoms with Crippen LogP contribution in [0.4, 0.5) is 16.2 Å². The number of ether oxygens (including phenoxy) is 1. The number of hydrogen-bond donors (Lipinski definition) is 2. The lowest BCUT2D eigenvalue weighted by Crippen LogP contribution is -2.49. The summed E-state index contributed by atoms with van der Waals surface area (Å²) >= 11 is 0. The highest BCUT2D eigenvalue weighted by atomic mass is 16.5. The molecule has 0 radical (unpaired) electrons. The van der Waals surface area contributed by atoms with Crippen molar-refractivity contribution in [3.63, 3.8) is 0 Å². The van der Waals surface area contributed by atoms with Gasteiger partial charge in [-0.15, -0.1) is 0 Å². The van der Waals surface area contributed by atoms with E-state index in [1.165, 1.54) is 42.0 Å². The molecule has 0 spiro atoms. The number of Topliss-reactive ketones (excluding diaryl/α,β-unsaturated/α-hetero) is 1. The van der Waals surface area contributed by atoms with Crippen molar-refractivity contribution in [2.75, 3.05) is 16.8 Å². The van der Waals surface area contributed by atoms with Gasteiger partial charge in [-0.2, -0.15) is 0 Å². The molecule has 2 aromatic carbocycles. The third-order valence-electron chi connectivity index (χ3n) is 8.10. The molecule has 0 saturated heterocycles. The molecule has 0 heterocycles. The third-order valence-corrected chi connectivity index (χ3v) is 8.10. The molecule has 182 valence electrons. The first-order valence-electron chi connectivity index (χ1n) is 12.0. The van der Waals surface area contributed by atoms with Crippen LogP contribution in [0.1, 0.15) is 36.5 Å². The highest BCUT2D eigenvalue weighted by Gasteiger charge is 2.62. The van der Waals surface area contributed by atoms with E-state index in [1.807, 2.05) is 0 Å². The Bertz CT molecular complexity index is 1150. The zero-order valence-corrected chi connectivity index (χ0v) is 19.4. The molecule has 2 bridgehead atoms. The van der Waals surface area contributed by atoms with Crippen molar-refractivity contribution < 1.29 is 29.0 Å². The van der Waals surface area contributed by atoms with Crippen molar-refractivity contribution in [2.24, 2.45) is 35.5 Å². The maximum atomic E-state index is 13.4. The second-order valence-electron chi connectivity index (χ2n) is 9.88. The Kier molecular flexibility index (Phi) is 6.05. The van der Waals surface area contributed by atoms with Crippen molar-refractivity contribution in [3.8, 4) is 5.75 Å². The number of imide groups is 1. The van der Waals surface area contributed by atoms with Crippen LogP contribution in [0.2, 0.25) is 0 Å². The van der Waals surface area contributed by atoms with E-state index < -0.39 is 6.09 Å². The van der Waals surface area contributed by atoms with Gasteiger partial charge in [-0.3, -0.25) is 24.6 Å². The number of rotatable bonds is 8. The first-order valence-corrected chi connectivity index (χ1v) is 12.0. The van der Waals surface area contributed by atoms with Crippen LogP contribution in [0, 0.1) is 35.5 Å². The topological polar surface area (TPSA) is 113 Å². The van der Waals surface area contributed by atoms with E-state index >= 15 is 0 Å². The number of fused-ring (bicyclic) bond motifs is 2. The SMILES string of the molecule is CC1C2CCC(C3CC23)C1C(=O)N(C=O)c1ccc(OCC(=O)c2ccc(NC(=O)O)cc2)cc1. The molecule has 2 N–H and O–H groups in total. The number of nitrogens with zero attached hydrogens (tertiary/aromatic N) is 1. The van der Waals surface area contributed by atoms with Gasteiger partial charge in [0.05, 0.1) is 5.69 Å². The molecule has 8 nitrogen and oxygen atoms in total. The van der Waals surface area contributed by atoms with Crippen molar-refractivity contribution in [1.29, 1.82) is 0 Å². The molecule has 6 rings (SSSR count). The van der Waals surface area contributed by atoms with E-state index in [-0.39, 0.29) is 24.2 Å². The molecule has 4 aliphatic rings. The van der Waals surface area contributed by atoms with Crippen LogP contribution in [-0.4, -0.2) is 35.9 Å². The summed E-state index contributed by atoms with van der Waals surface area (Å²) in [5.41, 5.74) is 1.25. The fraction of sp³-hybridized carbons (Fsp3) is 0.407. The summed E-state index contributed by atoms with van der Waals surface area (Å²) in [6, 6.07) is 12.6. The second-order valence-corrected chi connectivity index (χ2v) is 9.88. The minimum atomic E-state index is -1.18. The van der Waals surface area contributed by atoms with E-state index in [0.29, 0.717) is 52.8 Å². The number of anilines is 2. The largest absolute Gasteiger partial charge is 0.485 e. The Labute approximate surface area is 203 Å². The standard InChI is InChI=1S/C27H28N2O6/c1-15-20-10-11-21(23-12-22(20)23)25(15)26(32)29(14-30)18-6-8-19(9-7-18)35-13-24(31)16-2-4-17(5-3-16)28-27(33)34/h2-9,14-15,20-23,25,28H,10-13H2,1H3,(H,33,34). The number of carbonyl (C=O) groups is 4. The van der Waals surface area contributed by atoms with E-state index in [4.69, 9.17) is 9.84 Å². The average Bonchev–Trinajstić information content (AvgIpc) is 3.66. The Morgan fingerprint density at radius 3 is 2.31 bits per heavy atom. The van der Waals surface area contributed by atoms with Gasteiger partial charge in [-0.1, -0.05) is 6.92 Å². The first-order chi connectivity index (χ1) is 16.9. The summed E-state index contributed by atoms with van der Waals surface area (Å²) in [6.45, 7) is 1.97. The maximum Gasteiger partial charge on any atom is 0.409 e. The Hall–Kier alpha value is -3.68. The molecular formula is C27H28N2O6. The van der Waals surface area contributed by atoms with Crippen LogP contribution in [0.15, 0.2) is 48.5 Å². The Morgan fingerprint density at radius 1 is 1.00 bits per heavy atom. The average molecular weight is 477 g/mol. The van der Waals surface area contributed by atoms with Gasteiger partial charge in [0.1, 0.15) is 5.75 Å². The van der Waals surface area contributed by atoms with Crippen molar-refractivity contribution in [2.45, 2.75) is 26.2 Å². The van der Waals surface area contributed by atoms with Crippen LogP contribution in [0.3, 0.4) is 0 Å². The van der Waals surface area contributed by atoms with Gasteiger partial charge in [0.25, 0.3) is 0 Å². The van der Waals surface area contributed by atoms with Crippen LogP contribution in [-0.2, 0) is 9.59 Å². The number of benzene rings is 2. The Balaban J connectivity index is 1.20. The van der Waals surface area contributed by atoms with Gasteiger partial charge in [-0.05, 0) is 97.4 Å². The van der Waals surface area contributed by atoms with E-state index in [1.54, 1.807) is 24.3 Å². The van der Waals surface area contributed by atoms with E-state index in [0.717, 1.165) is 12.3 Å². The van der Waals surface area contributed by atoms with Gasteiger partial charge >= 0.3 is 6.09 Å². The number of amides is 3. The van der Waals surface area contributed by atoms with Crippen molar-refractivity contribution in [1.82, 2.24) is 0 Å². The Morgan fingerprint density at radius 2 is 1.66 bits per heavy atom. The number of nitrogens with one attached hydrogen (secondary N) is 1. The summed E-state index contributed by atoms with van der Waals surface area (Å²) < 4.78 is 5.59. The monoisotopic (exact) mass is 476 g/mol. The smallest absolute Gasteiger partial charge is 0.409 e. The molecule has 3 amide bonds. The number of carbonyl (C=O) groups excluding carboxylic acids is 3. The van der Waals surface area contributed by atoms with Gasteiger partial charge in [0.15, 0.2) is 12.4 Å². The zero-order chi connectivity index (χ0) is 24.7. The van der Waals surface area contributed by atoms with E-state index in [2.05, 4.69) is 12.2 Å². The lowest BCUT2D eigenvalue weighted by atomic mass is 9.59. The van der Waals surface area contributed by atoms with Gasteiger partial charge < -0.3 is 9.84 Å². The summed E-state index contributed by atoms with van der Waals surface area (Å²) in [5, 5.41) is 10.9. The molecule has 2 aromatic rings. The fourth-order valence-electron chi connectivity index (χ4n) is 6.40. The number of ketones is 1. The predicted octanol–water partition coefficient (Wildman–Crippen LogP) is 4.46. The number of carboxylic acid groups (broad SMARTS) is 1. The van der Waals surface area contributed by atoms with Crippen LogP contribution >= 0.6 is 0 Å². The summed E-state index contributed by atoms with van der Waals surface area (Å²) in [4.78, 5) is 49.6. The fourth-order valence-corrected chi connectivity index (χ4v) is 6.40. The molecule has 4 saturated carbocycles. The lowest BCUT2D eigenvalue weighted by molar-refractivity contribution is -0.133. The van der Waals surface area contributed by atoms with Crippen LogP contribution in [0.25, 0.3) is 0 Å². The van der Waals surface area contributed by atoms with Crippen molar-refractivity contribution >= 4 is 35.6 Å². The van der Waals surface area contributed by atoms with Crippen LogP contribution in [0.5, 0.6) is 5.75 Å². The van der Waals surface area contributed by atoms with Gasteiger partial charge in [-0.25, -0.2) is 4.79 Å². The van der Waals surface area contributed by atoms with Crippen molar-refractivity contribution in [3.05, 3.63) is 54.1 Å². The molecule has 0 aromatic heterocycles. The second kappa shape index (κ2) is 9.17. The maximum absolute atomic E-state index is 13.4. The first kappa shape index (κ1) is 23.1. The molecule has 4 fully saturated rings. The minimum absolute atomic E-state index is 0.103. The predicted molar refractivity (Wildman–Crippen MR) is 128 cm³/mol. The van der Waals surface area contributed by atoms with E-state index in [9.17, 15) is 19.2 Å². The summed E-state index contributed by atoms with van der Waals surface area (Å²) in [5.74, 6) is 2.70. The molecule has 4 aliphatic carbocycles. The lowest BCUT2D eigenvalue weighted by Gasteiger charge is -2.46. The number of hydrogen-bond acceptors (Lipinski definition) is 5. The molecular weight excluding hydrogens is 448 g/mol. The molecule has 0 aliphatic heterocycles. The van der Waals surface area contributed by atoms with Crippen LogP contribution < -0.4 is 15.0 Å². The summed E-state index contributed by atoms with van der Waals surface area (Å²) in [7, 11) is 0. The quantitative estimate of drug-likeness (QED) is 0.430. The highest BCUT2D eigenvalue weighted by molar-refractivity contribution is 6.08. The van der Waals surface area contributed by atoms with Gasteiger partial charge in [0.2, 0.25) is 12.3 Å². The zero-order valence-electron chi connectivity index (χ0n) is 19.4. The van der Waals surface area contributed by atoms with Gasteiger partial charge in [0, 0.05) is 17.2 Å². The summed E-state index contributed by atoms with van der Waals surface area (Å²) in [6.07, 6.45) is 2.94.